The van der Waals surface area contributed by atoms with E-state index in [1.54, 1.807) is 7.05 Å². The van der Waals surface area contributed by atoms with Crippen molar-refractivity contribution in [1.82, 2.24) is 20.0 Å². The molecule has 2 heterocycles. The Hall–Kier alpha value is -2.09. The molecule has 8 nitrogen and oxygen atoms in total. The van der Waals surface area contributed by atoms with Crippen molar-refractivity contribution in [3.63, 3.8) is 0 Å². The van der Waals surface area contributed by atoms with Crippen LogP contribution in [0, 0.1) is 0 Å². The van der Waals surface area contributed by atoms with E-state index in [0.29, 0.717) is 17.8 Å². The molecule has 1 aromatic heterocycles. The minimum absolute atomic E-state index is 0.0152. The van der Waals surface area contributed by atoms with Gasteiger partial charge in [0.25, 0.3) is 5.91 Å². The summed E-state index contributed by atoms with van der Waals surface area (Å²) in [6, 6.07) is -0.321. The van der Waals surface area contributed by atoms with Crippen LogP contribution in [-0.2, 0) is 13.5 Å². The van der Waals surface area contributed by atoms with Gasteiger partial charge < -0.3 is 21.3 Å². The molecule has 140 valence electrons. The number of primary amides is 1. The number of piperidine rings is 1. The Labute approximate surface area is 149 Å². The van der Waals surface area contributed by atoms with Gasteiger partial charge in [-0.3, -0.25) is 9.48 Å². The molecule has 1 atom stereocenters. The number of likely N-dealkylation sites (tertiary alicyclic amines) is 1. The minimum Gasteiger partial charge on any atom is -0.364 e. The fraction of sp³-hybridized carbons (Fsp3) is 0.706. The number of aromatic nitrogens is 2. The predicted molar refractivity (Wildman–Crippen MR) is 97.6 cm³/mol. The molecular formula is C17H30N6O2. The van der Waals surface area contributed by atoms with E-state index in [1.807, 2.05) is 13.8 Å². The molecule has 1 fully saturated rings. The lowest BCUT2D eigenvalue weighted by molar-refractivity contribution is 0.0992. The topological polar surface area (TPSA) is 105 Å². The Morgan fingerprint density at radius 1 is 1.28 bits per heavy atom. The highest BCUT2D eigenvalue weighted by atomic mass is 16.2. The molecule has 2 rings (SSSR count). The van der Waals surface area contributed by atoms with Crippen LogP contribution in [0.1, 0.15) is 55.7 Å². The second-order valence-electron chi connectivity index (χ2n) is 6.77. The average molecular weight is 350 g/mol. The summed E-state index contributed by atoms with van der Waals surface area (Å²) in [7, 11) is 1.65. The molecule has 0 radical (unpaired) electrons. The molecule has 1 saturated heterocycles. The van der Waals surface area contributed by atoms with E-state index in [4.69, 9.17) is 5.73 Å². The Kier molecular flexibility index (Phi) is 6.81. The molecule has 1 aromatic rings. The van der Waals surface area contributed by atoms with Crippen LogP contribution >= 0.6 is 0 Å². The summed E-state index contributed by atoms with van der Waals surface area (Å²) in [4.78, 5) is 26.5. The van der Waals surface area contributed by atoms with Crippen molar-refractivity contribution in [3.8, 4) is 0 Å². The average Bonchev–Trinajstić information content (AvgIpc) is 2.83. The summed E-state index contributed by atoms with van der Waals surface area (Å²) in [6.45, 7) is 7.00. The fourth-order valence-corrected chi connectivity index (χ4v) is 3.35. The molecule has 0 aliphatic carbocycles. The third-order valence-electron chi connectivity index (χ3n) is 4.44. The maximum atomic E-state index is 12.4. The van der Waals surface area contributed by atoms with Crippen LogP contribution in [0.15, 0.2) is 0 Å². The van der Waals surface area contributed by atoms with Gasteiger partial charge in [0.15, 0.2) is 0 Å². The molecule has 1 unspecified atom stereocenters. The van der Waals surface area contributed by atoms with Crippen molar-refractivity contribution < 1.29 is 9.59 Å². The Bertz CT molecular complexity index is 607. The van der Waals surface area contributed by atoms with E-state index in [9.17, 15) is 9.59 Å². The van der Waals surface area contributed by atoms with Crippen molar-refractivity contribution in [2.24, 2.45) is 12.8 Å². The summed E-state index contributed by atoms with van der Waals surface area (Å²) >= 11 is 0. The van der Waals surface area contributed by atoms with Crippen LogP contribution in [-0.4, -0.2) is 52.3 Å². The van der Waals surface area contributed by atoms with Crippen molar-refractivity contribution in [2.45, 2.75) is 52.0 Å². The summed E-state index contributed by atoms with van der Waals surface area (Å²) in [5, 5.41) is 10.0. The van der Waals surface area contributed by atoms with Gasteiger partial charge >= 0.3 is 6.03 Å². The number of carbonyl (C=O) groups excluding carboxylic acids is 2. The summed E-state index contributed by atoms with van der Waals surface area (Å²) in [6.07, 6.45) is 5.25. The first-order valence-electron chi connectivity index (χ1n) is 9.07. The normalized spacial score (nSPS) is 16.4. The fourth-order valence-electron chi connectivity index (χ4n) is 3.35. The van der Waals surface area contributed by atoms with Crippen molar-refractivity contribution >= 4 is 17.6 Å². The zero-order valence-corrected chi connectivity index (χ0v) is 15.5. The third kappa shape index (κ3) is 5.19. The van der Waals surface area contributed by atoms with Crippen LogP contribution in [0.4, 0.5) is 10.5 Å². The first kappa shape index (κ1) is 19.2. The second-order valence-corrected chi connectivity index (χ2v) is 6.77. The first-order valence-corrected chi connectivity index (χ1v) is 9.07. The number of carbonyl (C=O) groups is 2. The molecule has 1 aliphatic heterocycles. The maximum absolute atomic E-state index is 12.4. The largest absolute Gasteiger partial charge is 0.364 e. The van der Waals surface area contributed by atoms with E-state index in [1.165, 1.54) is 23.9 Å². The summed E-state index contributed by atoms with van der Waals surface area (Å²) in [5.41, 5.74) is 6.77. The number of anilines is 1. The number of amides is 3. The molecule has 0 saturated carbocycles. The van der Waals surface area contributed by atoms with Gasteiger partial charge in [-0.1, -0.05) is 19.8 Å². The van der Waals surface area contributed by atoms with E-state index in [-0.39, 0.29) is 17.8 Å². The van der Waals surface area contributed by atoms with Crippen molar-refractivity contribution in [3.05, 3.63) is 11.4 Å². The summed E-state index contributed by atoms with van der Waals surface area (Å²) in [5.74, 6) is -0.603. The number of nitrogens with zero attached hydrogens (tertiary/aromatic N) is 3. The van der Waals surface area contributed by atoms with Gasteiger partial charge in [-0.05, 0) is 39.3 Å². The Morgan fingerprint density at radius 3 is 2.56 bits per heavy atom. The highest BCUT2D eigenvalue weighted by Gasteiger charge is 2.22. The number of hydrogen-bond acceptors (Lipinski definition) is 4. The van der Waals surface area contributed by atoms with Gasteiger partial charge in [-0.25, -0.2) is 4.79 Å². The number of nitrogens with two attached hydrogens (primary N) is 1. The van der Waals surface area contributed by atoms with Crippen LogP contribution in [0.2, 0.25) is 0 Å². The number of aryl methyl sites for hydroxylation is 2. The van der Waals surface area contributed by atoms with Gasteiger partial charge in [0.2, 0.25) is 0 Å². The van der Waals surface area contributed by atoms with Gasteiger partial charge in [0.1, 0.15) is 5.69 Å². The standard InChI is InChI=1S/C17H30N6O2/c1-4-8-13-14(15(16(18)24)22(3)21-13)20-17(25)19-12(2)11-23-9-6-5-7-10-23/h12H,4-11H2,1-3H3,(H2,18,24)(H2,19,20,25). The summed E-state index contributed by atoms with van der Waals surface area (Å²) < 4.78 is 1.43. The van der Waals surface area contributed by atoms with Gasteiger partial charge in [-0.15, -0.1) is 0 Å². The number of rotatable bonds is 7. The lowest BCUT2D eigenvalue weighted by atomic mass is 10.1. The predicted octanol–water partition coefficient (Wildman–Crippen LogP) is 1.47. The lowest BCUT2D eigenvalue weighted by Crippen LogP contribution is -2.45. The third-order valence-corrected chi connectivity index (χ3v) is 4.44. The quantitative estimate of drug-likeness (QED) is 0.692. The first-order chi connectivity index (χ1) is 11.9. The van der Waals surface area contributed by atoms with Crippen LogP contribution < -0.4 is 16.4 Å². The minimum atomic E-state index is -0.603. The van der Waals surface area contributed by atoms with Crippen LogP contribution in [0.5, 0.6) is 0 Å². The number of nitrogens with one attached hydrogen (secondary N) is 2. The monoisotopic (exact) mass is 350 g/mol. The van der Waals surface area contributed by atoms with Crippen molar-refractivity contribution in [2.75, 3.05) is 25.0 Å². The van der Waals surface area contributed by atoms with Gasteiger partial charge in [0.05, 0.1) is 11.4 Å². The van der Waals surface area contributed by atoms with E-state index >= 15 is 0 Å². The highest BCUT2D eigenvalue weighted by molar-refractivity contribution is 6.02. The molecule has 0 bridgehead atoms. The van der Waals surface area contributed by atoms with Gasteiger partial charge in [0, 0.05) is 19.6 Å². The second kappa shape index (κ2) is 8.84. The SMILES string of the molecule is CCCc1nn(C)c(C(N)=O)c1NC(=O)NC(C)CN1CCCCC1. The zero-order chi connectivity index (χ0) is 18.4. The molecule has 0 aromatic carbocycles. The Morgan fingerprint density at radius 2 is 1.96 bits per heavy atom. The molecule has 25 heavy (non-hydrogen) atoms. The van der Waals surface area contributed by atoms with E-state index < -0.39 is 5.91 Å². The lowest BCUT2D eigenvalue weighted by Gasteiger charge is -2.29. The molecule has 0 spiro atoms. The number of hydrogen-bond donors (Lipinski definition) is 3. The molecule has 4 N–H and O–H groups in total. The maximum Gasteiger partial charge on any atom is 0.319 e. The van der Waals surface area contributed by atoms with Gasteiger partial charge in [-0.2, -0.15) is 5.10 Å². The van der Waals surface area contributed by atoms with Crippen molar-refractivity contribution in [1.29, 1.82) is 0 Å². The number of urea groups is 1. The zero-order valence-electron chi connectivity index (χ0n) is 15.5. The molecule has 3 amide bonds. The van der Waals surface area contributed by atoms with E-state index in [2.05, 4.69) is 20.6 Å². The molecule has 1 aliphatic rings. The highest BCUT2D eigenvalue weighted by Crippen LogP contribution is 2.21. The molecular weight excluding hydrogens is 320 g/mol. The van der Waals surface area contributed by atoms with Crippen LogP contribution in [0.3, 0.4) is 0 Å². The van der Waals surface area contributed by atoms with E-state index in [0.717, 1.165) is 26.1 Å². The van der Waals surface area contributed by atoms with Crippen LogP contribution in [0.25, 0.3) is 0 Å². The Balaban J connectivity index is 2.00. The smallest absolute Gasteiger partial charge is 0.319 e. The molecule has 8 heteroatoms.